The van der Waals surface area contributed by atoms with Crippen LogP contribution in [-0.2, 0) is 11.3 Å². The minimum atomic E-state index is -0.227. The number of nitrogens with two attached hydrogens (primary N) is 1. The van der Waals surface area contributed by atoms with Crippen molar-refractivity contribution in [3.63, 3.8) is 0 Å². The summed E-state index contributed by atoms with van der Waals surface area (Å²) in [4.78, 5) is 25.6. The molecule has 0 aromatic heterocycles. The predicted molar refractivity (Wildman–Crippen MR) is 109 cm³/mol. The zero-order valence-corrected chi connectivity index (χ0v) is 16.2. The minimum Gasteiger partial charge on any atom is -0.495 e. The van der Waals surface area contributed by atoms with Crippen LogP contribution in [0, 0.1) is 0 Å². The van der Waals surface area contributed by atoms with E-state index >= 15 is 0 Å². The minimum absolute atomic E-state index is 0. The number of anilines is 2. The Morgan fingerprint density at radius 1 is 1.15 bits per heavy atom. The molecule has 2 rings (SSSR count). The molecule has 0 fully saturated rings. The molecule has 4 N–H and O–H groups in total. The van der Waals surface area contributed by atoms with E-state index in [4.69, 9.17) is 10.5 Å². The molecule has 2 aromatic carbocycles. The van der Waals surface area contributed by atoms with Crippen molar-refractivity contribution in [3.05, 3.63) is 54.1 Å². The number of carbonyl (C=O) groups is 2. The molecular formula is C19H25ClN4O3. The first-order chi connectivity index (χ1) is 12.5. The molecule has 0 saturated carbocycles. The van der Waals surface area contributed by atoms with E-state index < -0.39 is 0 Å². The van der Waals surface area contributed by atoms with Crippen molar-refractivity contribution in [3.8, 4) is 5.75 Å². The van der Waals surface area contributed by atoms with Crippen molar-refractivity contribution in [2.45, 2.75) is 13.0 Å². The molecule has 8 heteroatoms. The number of hydrogen-bond acceptors (Lipinski definition) is 4. The van der Waals surface area contributed by atoms with E-state index in [0.717, 1.165) is 5.56 Å². The summed E-state index contributed by atoms with van der Waals surface area (Å²) in [6.45, 7) is 0.749. The first-order valence-electron chi connectivity index (χ1n) is 8.26. The number of halogens is 1. The third kappa shape index (κ3) is 7.07. The summed E-state index contributed by atoms with van der Waals surface area (Å²) >= 11 is 0. The number of methoxy groups -OCH3 is 1. The quantitative estimate of drug-likeness (QED) is 0.631. The molecule has 0 spiro atoms. The second kappa shape index (κ2) is 10.9. The second-order valence-electron chi connectivity index (χ2n) is 5.83. The van der Waals surface area contributed by atoms with E-state index in [0.29, 0.717) is 23.7 Å². The first-order valence-corrected chi connectivity index (χ1v) is 8.26. The van der Waals surface area contributed by atoms with Gasteiger partial charge >= 0.3 is 6.03 Å². The average Bonchev–Trinajstić information content (AvgIpc) is 2.62. The number of ether oxygens (including phenoxy) is 1. The zero-order valence-electron chi connectivity index (χ0n) is 15.4. The van der Waals surface area contributed by atoms with Crippen LogP contribution in [-0.4, -0.2) is 37.5 Å². The molecule has 0 heterocycles. The van der Waals surface area contributed by atoms with E-state index in [-0.39, 0.29) is 37.3 Å². The molecule has 3 amide bonds. The number of urea groups is 1. The standard InChI is InChI=1S/C19H24N4O3.ClH/c1-23(13-14-6-4-3-5-7-14)19(25)21-11-10-18(24)22-15-8-9-17(26-2)16(20)12-15;/h3-9,12H,10-11,13,20H2,1-2H3,(H,21,25)(H,22,24);1H. The van der Waals surface area contributed by atoms with Crippen LogP contribution in [0.4, 0.5) is 16.2 Å². The number of nitrogen functional groups attached to an aromatic ring is 1. The summed E-state index contributed by atoms with van der Waals surface area (Å²) in [7, 11) is 3.24. The predicted octanol–water partition coefficient (Wildman–Crippen LogP) is 2.87. The molecular weight excluding hydrogens is 368 g/mol. The van der Waals surface area contributed by atoms with E-state index in [2.05, 4.69) is 10.6 Å². The molecule has 7 nitrogen and oxygen atoms in total. The molecule has 0 aliphatic rings. The lowest BCUT2D eigenvalue weighted by atomic mass is 10.2. The fourth-order valence-electron chi connectivity index (χ4n) is 2.38. The van der Waals surface area contributed by atoms with Crippen LogP contribution in [0.25, 0.3) is 0 Å². The average molecular weight is 393 g/mol. The highest BCUT2D eigenvalue weighted by Gasteiger charge is 2.10. The maximum atomic E-state index is 12.1. The Hall–Kier alpha value is -2.93. The Bertz CT molecular complexity index is 756. The lowest BCUT2D eigenvalue weighted by Gasteiger charge is -2.18. The maximum Gasteiger partial charge on any atom is 0.317 e. The summed E-state index contributed by atoms with van der Waals surface area (Å²) in [6, 6.07) is 14.5. The molecule has 0 bridgehead atoms. The Labute approximate surface area is 165 Å². The SMILES string of the molecule is COc1ccc(NC(=O)CCNC(=O)N(C)Cc2ccccc2)cc1N.Cl. The van der Waals surface area contributed by atoms with Gasteiger partial charge in [0.2, 0.25) is 5.91 Å². The Morgan fingerprint density at radius 3 is 2.48 bits per heavy atom. The number of rotatable bonds is 7. The highest BCUT2D eigenvalue weighted by atomic mass is 35.5. The van der Waals surface area contributed by atoms with Crippen LogP contribution >= 0.6 is 12.4 Å². The summed E-state index contributed by atoms with van der Waals surface area (Å²) in [6.07, 6.45) is 0.164. The van der Waals surface area contributed by atoms with Crippen LogP contribution in [0.2, 0.25) is 0 Å². The van der Waals surface area contributed by atoms with Gasteiger partial charge in [0, 0.05) is 32.2 Å². The van der Waals surface area contributed by atoms with Crippen LogP contribution in [0.15, 0.2) is 48.5 Å². The van der Waals surface area contributed by atoms with E-state index in [1.54, 1.807) is 30.1 Å². The summed E-state index contributed by atoms with van der Waals surface area (Å²) in [5, 5.41) is 5.47. The van der Waals surface area contributed by atoms with Gasteiger partial charge in [0.15, 0.2) is 0 Å². The van der Waals surface area contributed by atoms with Gasteiger partial charge in [-0.2, -0.15) is 0 Å². The summed E-state index contributed by atoms with van der Waals surface area (Å²) in [5.41, 5.74) is 7.88. The van der Waals surface area contributed by atoms with Gasteiger partial charge in [0.05, 0.1) is 12.8 Å². The number of benzene rings is 2. The Balaban J connectivity index is 0.00000364. The van der Waals surface area contributed by atoms with Gasteiger partial charge in [-0.15, -0.1) is 12.4 Å². The third-order valence-electron chi connectivity index (χ3n) is 3.75. The van der Waals surface area contributed by atoms with Gasteiger partial charge in [-0.05, 0) is 23.8 Å². The molecule has 0 aliphatic heterocycles. The van der Waals surface area contributed by atoms with Gasteiger partial charge in [-0.3, -0.25) is 4.79 Å². The van der Waals surface area contributed by atoms with Crippen LogP contribution in [0.5, 0.6) is 5.75 Å². The molecule has 2 aromatic rings. The monoisotopic (exact) mass is 392 g/mol. The molecule has 0 unspecified atom stereocenters. The summed E-state index contributed by atoms with van der Waals surface area (Å²) < 4.78 is 5.07. The highest BCUT2D eigenvalue weighted by molar-refractivity contribution is 5.91. The topological polar surface area (TPSA) is 96.7 Å². The van der Waals surface area contributed by atoms with Crippen molar-refractivity contribution < 1.29 is 14.3 Å². The van der Waals surface area contributed by atoms with Crippen molar-refractivity contribution in [2.24, 2.45) is 0 Å². The largest absolute Gasteiger partial charge is 0.495 e. The molecule has 0 radical (unpaired) electrons. The van der Waals surface area contributed by atoms with Crippen LogP contribution in [0.3, 0.4) is 0 Å². The van der Waals surface area contributed by atoms with Crippen molar-refractivity contribution in [1.29, 1.82) is 0 Å². The second-order valence-corrected chi connectivity index (χ2v) is 5.83. The lowest BCUT2D eigenvalue weighted by molar-refractivity contribution is -0.116. The lowest BCUT2D eigenvalue weighted by Crippen LogP contribution is -2.38. The van der Waals surface area contributed by atoms with Crippen molar-refractivity contribution in [1.82, 2.24) is 10.2 Å². The van der Waals surface area contributed by atoms with Crippen LogP contribution in [0.1, 0.15) is 12.0 Å². The fourth-order valence-corrected chi connectivity index (χ4v) is 2.38. The number of nitrogens with one attached hydrogen (secondary N) is 2. The van der Waals surface area contributed by atoms with Gasteiger partial charge in [-0.1, -0.05) is 30.3 Å². The zero-order chi connectivity index (χ0) is 18.9. The van der Waals surface area contributed by atoms with Gasteiger partial charge < -0.3 is 26.0 Å². The van der Waals surface area contributed by atoms with Gasteiger partial charge in [0.1, 0.15) is 5.75 Å². The normalized spacial score (nSPS) is 9.70. The van der Waals surface area contributed by atoms with E-state index in [1.165, 1.54) is 7.11 Å². The number of carbonyl (C=O) groups excluding carboxylic acids is 2. The number of hydrogen-bond donors (Lipinski definition) is 3. The molecule has 146 valence electrons. The molecule has 27 heavy (non-hydrogen) atoms. The molecule has 0 saturated heterocycles. The van der Waals surface area contributed by atoms with Gasteiger partial charge in [0.25, 0.3) is 0 Å². The smallest absolute Gasteiger partial charge is 0.317 e. The van der Waals surface area contributed by atoms with Crippen molar-refractivity contribution >= 4 is 35.7 Å². The Morgan fingerprint density at radius 2 is 1.85 bits per heavy atom. The summed E-state index contributed by atoms with van der Waals surface area (Å²) in [5.74, 6) is 0.345. The maximum absolute atomic E-state index is 12.1. The first kappa shape index (κ1) is 22.1. The van der Waals surface area contributed by atoms with Crippen molar-refractivity contribution in [2.75, 3.05) is 31.8 Å². The Kier molecular flexibility index (Phi) is 8.95. The molecule has 0 atom stereocenters. The number of nitrogens with zero attached hydrogens (tertiary/aromatic N) is 1. The fraction of sp³-hybridized carbons (Fsp3) is 0.263. The highest BCUT2D eigenvalue weighted by Crippen LogP contribution is 2.24. The van der Waals surface area contributed by atoms with Crippen LogP contribution < -0.4 is 21.1 Å². The number of amides is 3. The van der Waals surface area contributed by atoms with E-state index in [9.17, 15) is 9.59 Å². The van der Waals surface area contributed by atoms with Gasteiger partial charge in [-0.25, -0.2) is 4.79 Å². The molecule has 0 aliphatic carbocycles. The van der Waals surface area contributed by atoms with E-state index in [1.807, 2.05) is 30.3 Å². The third-order valence-corrected chi connectivity index (χ3v) is 3.75.